The van der Waals surface area contributed by atoms with E-state index in [2.05, 4.69) is 28.7 Å². The predicted molar refractivity (Wildman–Crippen MR) is 85.3 cm³/mol. The van der Waals surface area contributed by atoms with Crippen molar-refractivity contribution in [2.45, 2.75) is 44.6 Å². The summed E-state index contributed by atoms with van der Waals surface area (Å²) < 4.78 is 1.24. The summed E-state index contributed by atoms with van der Waals surface area (Å²) in [5, 5.41) is 17.3. The molecule has 1 fully saturated rings. The average molecular weight is 290 g/mol. The fraction of sp³-hybridized carbons (Fsp3) is 0.562. The molecule has 1 saturated carbocycles. The van der Waals surface area contributed by atoms with Crippen molar-refractivity contribution in [1.82, 2.24) is 4.98 Å². The van der Waals surface area contributed by atoms with E-state index in [1.165, 1.54) is 11.1 Å². The number of nitrogens with one attached hydrogen (secondary N) is 1. The maximum atomic E-state index is 10.7. The second kappa shape index (κ2) is 5.70. The Morgan fingerprint density at radius 1 is 1.40 bits per heavy atom. The van der Waals surface area contributed by atoms with E-state index >= 15 is 0 Å². The van der Waals surface area contributed by atoms with Gasteiger partial charge in [-0.15, -0.1) is 11.3 Å². The molecule has 0 aromatic carbocycles. The van der Waals surface area contributed by atoms with Crippen LogP contribution in [0.1, 0.15) is 39.0 Å². The number of fused-ring (bicyclic) bond motifs is 1. The summed E-state index contributed by atoms with van der Waals surface area (Å²) in [6, 6.07) is 4.12. The first-order valence-electron chi connectivity index (χ1n) is 7.49. The van der Waals surface area contributed by atoms with Gasteiger partial charge in [0.05, 0.1) is 5.60 Å². The summed E-state index contributed by atoms with van der Waals surface area (Å²) in [6.07, 6.45) is 7.16. The molecule has 4 heteroatoms. The number of aromatic nitrogens is 1. The van der Waals surface area contributed by atoms with Crippen molar-refractivity contribution >= 4 is 27.2 Å². The van der Waals surface area contributed by atoms with Crippen molar-refractivity contribution in [1.29, 1.82) is 0 Å². The molecule has 20 heavy (non-hydrogen) atoms. The van der Waals surface area contributed by atoms with E-state index in [-0.39, 0.29) is 0 Å². The summed E-state index contributed by atoms with van der Waals surface area (Å²) in [7, 11) is 0. The Balaban J connectivity index is 1.66. The van der Waals surface area contributed by atoms with Crippen LogP contribution in [-0.2, 0) is 0 Å². The lowest BCUT2D eigenvalue weighted by atomic mass is 9.78. The van der Waals surface area contributed by atoms with Crippen LogP contribution in [0.4, 0.5) is 5.82 Å². The maximum Gasteiger partial charge on any atom is 0.134 e. The number of thiophene rings is 1. The van der Waals surface area contributed by atoms with Crippen LogP contribution >= 0.6 is 11.3 Å². The van der Waals surface area contributed by atoms with Crippen LogP contribution in [0.3, 0.4) is 0 Å². The summed E-state index contributed by atoms with van der Waals surface area (Å²) >= 11 is 1.72. The van der Waals surface area contributed by atoms with E-state index in [1.54, 1.807) is 11.3 Å². The van der Waals surface area contributed by atoms with Crippen LogP contribution in [-0.4, -0.2) is 22.2 Å². The number of hydrogen-bond donors (Lipinski definition) is 2. The normalized spacial score (nSPS) is 26.8. The maximum absolute atomic E-state index is 10.7. The monoisotopic (exact) mass is 290 g/mol. The molecule has 0 aliphatic heterocycles. The highest BCUT2D eigenvalue weighted by atomic mass is 32.1. The van der Waals surface area contributed by atoms with Gasteiger partial charge in [-0.25, -0.2) is 4.98 Å². The van der Waals surface area contributed by atoms with E-state index in [0.717, 1.165) is 42.8 Å². The van der Waals surface area contributed by atoms with Crippen LogP contribution in [0.25, 0.3) is 10.1 Å². The number of pyridine rings is 1. The van der Waals surface area contributed by atoms with Gasteiger partial charge in [0, 0.05) is 22.8 Å². The first-order valence-corrected chi connectivity index (χ1v) is 8.36. The third kappa shape index (κ3) is 2.81. The summed E-state index contributed by atoms with van der Waals surface area (Å²) in [4.78, 5) is 4.41. The summed E-state index contributed by atoms with van der Waals surface area (Å²) in [5.74, 6) is 1.70. The van der Waals surface area contributed by atoms with Gasteiger partial charge in [0.2, 0.25) is 0 Å². The highest BCUT2D eigenvalue weighted by Crippen LogP contribution is 2.34. The number of aliphatic hydroxyl groups is 1. The molecule has 0 saturated heterocycles. The molecule has 2 heterocycles. The lowest BCUT2D eigenvalue weighted by Crippen LogP contribution is -2.40. The molecule has 1 aliphatic rings. The molecule has 2 aromatic heterocycles. The standard InChI is InChI=1S/C16H22N2OS/c1-2-12-3-7-16(19,8-4-12)11-18-15-13-6-10-20-14(13)5-9-17-15/h5-6,9-10,12,19H,2-4,7-8,11H2,1H3,(H,17,18). The molecule has 3 nitrogen and oxygen atoms in total. The fourth-order valence-electron chi connectivity index (χ4n) is 3.08. The third-order valence-electron chi connectivity index (χ3n) is 4.58. The molecular formula is C16H22N2OS. The fourth-order valence-corrected chi connectivity index (χ4v) is 3.87. The molecule has 0 spiro atoms. The Kier molecular flexibility index (Phi) is 3.94. The van der Waals surface area contributed by atoms with Crippen LogP contribution in [0, 0.1) is 5.92 Å². The van der Waals surface area contributed by atoms with Gasteiger partial charge in [-0.3, -0.25) is 0 Å². The van der Waals surface area contributed by atoms with Gasteiger partial charge < -0.3 is 10.4 Å². The number of rotatable bonds is 4. The summed E-state index contributed by atoms with van der Waals surface area (Å²) in [6.45, 7) is 2.85. The van der Waals surface area contributed by atoms with E-state index in [1.807, 2.05) is 12.3 Å². The van der Waals surface area contributed by atoms with Gasteiger partial charge in [0.25, 0.3) is 0 Å². The minimum Gasteiger partial charge on any atom is -0.388 e. The molecule has 0 unspecified atom stereocenters. The van der Waals surface area contributed by atoms with Crippen LogP contribution < -0.4 is 5.32 Å². The molecule has 0 bridgehead atoms. The van der Waals surface area contributed by atoms with Crippen molar-refractivity contribution in [3.63, 3.8) is 0 Å². The van der Waals surface area contributed by atoms with Gasteiger partial charge in [0.15, 0.2) is 0 Å². The van der Waals surface area contributed by atoms with E-state index in [0.29, 0.717) is 6.54 Å². The van der Waals surface area contributed by atoms with E-state index in [4.69, 9.17) is 0 Å². The Morgan fingerprint density at radius 3 is 2.95 bits per heavy atom. The minimum absolute atomic E-state index is 0.564. The highest BCUT2D eigenvalue weighted by Gasteiger charge is 2.32. The van der Waals surface area contributed by atoms with Crippen LogP contribution in [0.5, 0.6) is 0 Å². The summed E-state index contributed by atoms with van der Waals surface area (Å²) in [5.41, 5.74) is -0.564. The minimum atomic E-state index is -0.564. The molecule has 1 aliphatic carbocycles. The van der Waals surface area contributed by atoms with E-state index < -0.39 is 5.60 Å². The quantitative estimate of drug-likeness (QED) is 0.893. The van der Waals surface area contributed by atoms with Crippen LogP contribution in [0.2, 0.25) is 0 Å². The van der Waals surface area contributed by atoms with Crippen LogP contribution in [0.15, 0.2) is 23.7 Å². The second-order valence-electron chi connectivity index (χ2n) is 5.92. The number of anilines is 1. The van der Waals surface area contributed by atoms with Crippen molar-refractivity contribution in [2.75, 3.05) is 11.9 Å². The first-order chi connectivity index (χ1) is 9.70. The Morgan fingerprint density at radius 2 is 2.20 bits per heavy atom. The molecule has 0 atom stereocenters. The van der Waals surface area contributed by atoms with Gasteiger partial charge >= 0.3 is 0 Å². The molecule has 3 rings (SSSR count). The highest BCUT2D eigenvalue weighted by molar-refractivity contribution is 7.17. The number of nitrogens with zero attached hydrogens (tertiary/aromatic N) is 1. The molecule has 0 radical (unpaired) electrons. The number of hydrogen-bond acceptors (Lipinski definition) is 4. The zero-order valence-electron chi connectivity index (χ0n) is 11.9. The molecule has 108 valence electrons. The Labute approximate surface area is 124 Å². The third-order valence-corrected chi connectivity index (χ3v) is 5.46. The predicted octanol–water partition coefficient (Wildman–Crippen LogP) is 4.04. The van der Waals surface area contributed by atoms with Gasteiger partial charge in [-0.2, -0.15) is 0 Å². The largest absolute Gasteiger partial charge is 0.388 e. The van der Waals surface area contributed by atoms with Gasteiger partial charge in [-0.1, -0.05) is 13.3 Å². The lowest BCUT2D eigenvalue weighted by molar-refractivity contribution is 0.00225. The first kappa shape index (κ1) is 13.8. The average Bonchev–Trinajstić information content (AvgIpc) is 2.95. The van der Waals surface area contributed by atoms with Gasteiger partial charge in [-0.05, 0) is 49.1 Å². The molecule has 2 aromatic rings. The molecular weight excluding hydrogens is 268 g/mol. The smallest absolute Gasteiger partial charge is 0.134 e. The second-order valence-corrected chi connectivity index (χ2v) is 6.87. The van der Waals surface area contributed by atoms with E-state index in [9.17, 15) is 5.11 Å². The Bertz CT molecular complexity index is 573. The zero-order chi connectivity index (χ0) is 14.0. The molecule has 0 amide bonds. The van der Waals surface area contributed by atoms with Crippen molar-refractivity contribution in [3.05, 3.63) is 23.7 Å². The Hall–Kier alpha value is -1.13. The molecule has 2 N–H and O–H groups in total. The van der Waals surface area contributed by atoms with Crippen molar-refractivity contribution < 1.29 is 5.11 Å². The topological polar surface area (TPSA) is 45.1 Å². The zero-order valence-corrected chi connectivity index (χ0v) is 12.7. The van der Waals surface area contributed by atoms with Crippen molar-refractivity contribution in [2.24, 2.45) is 5.92 Å². The lowest BCUT2D eigenvalue weighted by Gasteiger charge is -2.36. The van der Waals surface area contributed by atoms with Gasteiger partial charge in [0.1, 0.15) is 5.82 Å². The SMILES string of the molecule is CCC1CCC(O)(CNc2nccc3sccc23)CC1. The van der Waals surface area contributed by atoms with Crippen molar-refractivity contribution in [3.8, 4) is 0 Å².